The minimum atomic E-state index is -4.53. The normalized spacial score (nSPS) is 19.9. The molecule has 0 atom stereocenters. The van der Waals surface area contributed by atoms with Crippen LogP contribution in [0.5, 0.6) is 0 Å². The van der Waals surface area contributed by atoms with Gasteiger partial charge in [0.05, 0.1) is 11.3 Å². The van der Waals surface area contributed by atoms with E-state index in [1.165, 1.54) is 18.3 Å². The number of hydrogen-bond acceptors (Lipinski definition) is 4. The van der Waals surface area contributed by atoms with E-state index >= 15 is 0 Å². The standard InChI is InChI=1S/C19H21F3N4O2/c20-19(21,22)11-2-1-3-14(10-11)26-18(28)16-15(8-9-24-17(16)27)25-13-6-4-12(23)5-7-13/h1-3,8-10,12-13H,4-7,23H2,(H,26,28)(H2,24,25,27). The lowest BCUT2D eigenvalue weighted by Crippen LogP contribution is -2.34. The lowest BCUT2D eigenvalue weighted by molar-refractivity contribution is -0.137. The molecule has 1 aliphatic carbocycles. The average Bonchev–Trinajstić information content (AvgIpc) is 2.63. The van der Waals surface area contributed by atoms with E-state index in [-0.39, 0.29) is 23.3 Å². The van der Waals surface area contributed by atoms with E-state index in [9.17, 15) is 22.8 Å². The maximum atomic E-state index is 12.9. The summed E-state index contributed by atoms with van der Waals surface area (Å²) in [6.45, 7) is 0. The Morgan fingerprint density at radius 2 is 1.86 bits per heavy atom. The average molecular weight is 394 g/mol. The maximum Gasteiger partial charge on any atom is 0.416 e. The number of alkyl halides is 3. The first kappa shape index (κ1) is 19.9. The molecular formula is C19H21F3N4O2. The molecule has 0 bridgehead atoms. The molecule has 1 heterocycles. The van der Waals surface area contributed by atoms with Crippen molar-refractivity contribution in [1.29, 1.82) is 0 Å². The molecule has 1 aromatic heterocycles. The monoisotopic (exact) mass is 394 g/mol. The van der Waals surface area contributed by atoms with Crippen LogP contribution in [0.15, 0.2) is 41.3 Å². The number of carbonyl (C=O) groups is 1. The van der Waals surface area contributed by atoms with E-state index < -0.39 is 23.2 Å². The van der Waals surface area contributed by atoms with Gasteiger partial charge in [-0.25, -0.2) is 0 Å². The molecule has 1 amide bonds. The number of amides is 1. The van der Waals surface area contributed by atoms with Gasteiger partial charge in [-0.1, -0.05) is 6.07 Å². The minimum Gasteiger partial charge on any atom is -0.381 e. The highest BCUT2D eigenvalue weighted by molar-refractivity contribution is 6.07. The first-order valence-electron chi connectivity index (χ1n) is 8.96. The summed E-state index contributed by atoms with van der Waals surface area (Å²) in [6.07, 6.45) is 0.185. The quantitative estimate of drug-likeness (QED) is 0.639. The highest BCUT2D eigenvalue weighted by Crippen LogP contribution is 2.31. The number of carbonyl (C=O) groups excluding carboxylic acids is 1. The highest BCUT2D eigenvalue weighted by atomic mass is 19.4. The van der Waals surface area contributed by atoms with Crippen LogP contribution < -0.4 is 21.9 Å². The molecule has 0 saturated heterocycles. The second-order valence-electron chi connectivity index (χ2n) is 6.88. The number of halogens is 3. The summed E-state index contributed by atoms with van der Waals surface area (Å²) in [5.74, 6) is -0.781. The molecule has 150 valence electrons. The van der Waals surface area contributed by atoms with Gasteiger partial charge in [-0.3, -0.25) is 9.59 Å². The van der Waals surface area contributed by atoms with E-state index in [4.69, 9.17) is 5.73 Å². The van der Waals surface area contributed by atoms with Crippen LogP contribution in [0, 0.1) is 0 Å². The molecule has 1 aliphatic rings. The van der Waals surface area contributed by atoms with E-state index in [1.807, 2.05) is 0 Å². The Morgan fingerprint density at radius 1 is 1.14 bits per heavy atom. The molecule has 1 aromatic carbocycles. The van der Waals surface area contributed by atoms with Crippen molar-refractivity contribution in [2.75, 3.05) is 10.6 Å². The second-order valence-corrected chi connectivity index (χ2v) is 6.88. The molecule has 3 rings (SSSR count). The molecule has 0 spiro atoms. The number of nitrogens with two attached hydrogens (primary N) is 1. The topological polar surface area (TPSA) is 100 Å². The van der Waals surface area contributed by atoms with Gasteiger partial charge in [-0.2, -0.15) is 13.2 Å². The maximum absolute atomic E-state index is 12.9. The van der Waals surface area contributed by atoms with Crippen molar-refractivity contribution < 1.29 is 18.0 Å². The number of H-pyrrole nitrogens is 1. The zero-order valence-corrected chi connectivity index (χ0v) is 15.0. The summed E-state index contributed by atoms with van der Waals surface area (Å²) in [7, 11) is 0. The lowest BCUT2D eigenvalue weighted by Gasteiger charge is -2.28. The fourth-order valence-electron chi connectivity index (χ4n) is 3.27. The molecule has 9 heteroatoms. The van der Waals surface area contributed by atoms with Crippen LogP contribution in [0.25, 0.3) is 0 Å². The van der Waals surface area contributed by atoms with Crippen LogP contribution in [-0.2, 0) is 6.18 Å². The van der Waals surface area contributed by atoms with Gasteiger partial charge in [0.2, 0.25) is 0 Å². The van der Waals surface area contributed by atoms with Gasteiger partial charge < -0.3 is 21.4 Å². The van der Waals surface area contributed by atoms with Crippen molar-refractivity contribution >= 4 is 17.3 Å². The van der Waals surface area contributed by atoms with Gasteiger partial charge in [0.1, 0.15) is 5.56 Å². The van der Waals surface area contributed by atoms with Crippen LogP contribution in [0.3, 0.4) is 0 Å². The van der Waals surface area contributed by atoms with Gasteiger partial charge in [-0.15, -0.1) is 0 Å². The SMILES string of the molecule is NC1CCC(Nc2cc[nH]c(=O)c2C(=O)Nc2cccc(C(F)(F)F)c2)CC1. The Morgan fingerprint density at radius 3 is 2.54 bits per heavy atom. The van der Waals surface area contributed by atoms with Crippen LogP contribution >= 0.6 is 0 Å². The number of benzene rings is 1. The van der Waals surface area contributed by atoms with Gasteiger partial charge in [0.15, 0.2) is 0 Å². The summed E-state index contributed by atoms with van der Waals surface area (Å²) in [6, 6.07) is 6.05. The Hall–Kier alpha value is -2.81. The fraction of sp³-hybridized carbons (Fsp3) is 0.368. The summed E-state index contributed by atoms with van der Waals surface area (Å²) in [4.78, 5) is 27.3. The molecule has 1 fully saturated rings. The Balaban J connectivity index is 1.81. The summed E-state index contributed by atoms with van der Waals surface area (Å²) in [5.41, 5.74) is 4.51. The summed E-state index contributed by atoms with van der Waals surface area (Å²) >= 11 is 0. The molecule has 28 heavy (non-hydrogen) atoms. The molecule has 6 nitrogen and oxygen atoms in total. The second kappa shape index (κ2) is 8.05. The molecule has 2 aromatic rings. The molecule has 1 saturated carbocycles. The van der Waals surface area contributed by atoms with Crippen molar-refractivity contribution in [3.05, 3.63) is 58.0 Å². The number of aromatic nitrogens is 1. The molecule has 0 unspecified atom stereocenters. The third-order valence-electron chi connectivity index (χ3n) is 4.77. The molecular weight excluding hydrogens is 373 g/mol. The first-order chi connectivity index (χ1) is 13.2. The van der Waals surface area contributed by atoms with Crippen molar-refractivity contribution in [3.8, 4) is 0 Å². The van der Waals surface area contributed by atoms with Crippen molar-refractivity contribution in [2.24, 2.45) is 5.73 Å². The fourth-order valence-corrected chi connectivity index (χ4v) is 3.27. The Kier molecular flexibility index (Phi) is 5.73. The predicted octanol–water partition coefficient (Wildman–Crippen LogP) is 3.33. The summed E-state index contributed by atoms with van der Waals surface area (Å²) in [5, 5.41) is 5.57. The Labute approximate surface area is 159 Å². The number of aromatic amines is 1. The molecule has 0 aliphatic heterocycles. The third-order valence-corrected chi connectivity index (χ3v) is 4.77. The third kappa shape index (κ3) is 4.72. The molecule has 0 radical (unpaired) electrons. The van der Waals surface area contributed by atoms with E-state index in [1.54, 1.807) is 6.07 Å². The Bertz CT molecular complexity index is 903. The van der Waals surface area contributed by atoms with Gasteiger partial charge in [0, 0.05) is 24.0 Å². The number of nitrogens with one attached hydrogen (secondary N) is 3. The van der Waals surface area contributed by atoms with E-state index in [0.29, 0.717) is 5.69 Å². The van der Waals surface area contributed by atoms with Crippen LogP contribution in [0.2, 0.25) is 0 Å². The number of anilines is 2. The number of hydrogen-bond donors (Lipinski definition) is 4. The van der Waals surface area contributed by atoms with Crippen molar-refractivity contribution in [1.82, 2.24) is 4.98 Å². The highest BCUT2D eigenvalue weighted by Gasteiger charge is 2.30. The van der Waals surface area contributed by atoms with Crippen LogP contribution in [-0.4, -0.2) is 23.0 Å². The largest absolute Gasteiger partial charge is 0.416 e. The smallest absolute Gasteiger partial charge is 0.381 e. The van der Waals surface area contributed by atoms with Crippen molar-refractivity contribution in [3.63, 3.8) is 0 Å². The van der Waals surface area contributed by atoms with E-state index in [0.717, 1.165) is 37.8 Å². The molecule has 5 N–H and O–H groups in total. The van der Waals surface area contributed by atoms with Gasteiger partial charge in [0.25, 0.3) is 11.5 Å². The predicted molar refractivity (Wildman–Crippen MR) is 100 cm³/mol. The summed E-state index contributed by atoms with van der Waals surface area (Å²) < 4.78 is 38.6. The number of rotatable bonds is 4. The zero-order chi connectivity index (χ0) is 20.3. The zero-order valence-electron chi connectivity index (χ0n) is 15.0. The van der Waals surface area contributed by atoms with Gasteiger partial charge >= 0.3 is 6.18 Å². The van der Waals surface area contributed by atoms with E-state index in [2.05, 4.69) is 15.6 Å². The lowest BCUT2D eigenvalue weighted by atomic mass is 9.91. The van der Waals surface area contributed by atoms with Crippen LogP contribution in [0.4, 0.5) is 24.5 Å². The first-order valence-corrected chi connectivity index (χ1v) is 8.96. The van der Waals surface area contributed by atoms with Gasteiger partial charge in [-0.05, 0) is 49.9 Å². The van der Waals surface area contributed by atoms with Crippen molar-refractivity contribution in [2.45, 2.75) is 43.9 Å². The number of pyridine rings is 1. The van der Waals surface area contributed by atoms with Crippen LogP contribution in [0.1, 0.15) is 41.6 Å². The minimum absolute atomic E-state index is 0.0438.